The minimum atomic E-state index is -0.803. The average Bonchev–Trinajstić information content (AvgIpc) is 2.42. The molecule has 1 N–H and O–H groups in total. The van der Waals surface area contributed by atoms with Gasteiger partial charge in [-0.15, -0.1) is 11.3 Å². The van der Waals surface area contributed by atoms with Crippen molar-refractivity contribution in [1.82, 2.24) is 9.88 Å². The zero-order chi connectivity index (χ0) is 11.6. The van der Waals surface area contributed by atoms with Gasteiger partial charge < -0.3 is 5.11 Å². The van der Waals surface area contributed by atoms with Crippen molar-refractivity contribution in [3.8, 4) is 0 Å². The van der Waals surface area contributed by atoms with Crippen molar-refractivity contribution in [2.75, 3.05) is 13.6 Å². The normalized spacial score (nSPS) is 13.1. The second-order valence-electron chi connectivity index (χ2n) is 3.67. The molecule has 0 saturated heterocycles. The fourth-order valence-electron chi connectivity index (χ4n) is 1.49. The van der Waals surface area contributed by atoms with E-state index in [9.17, 15) is 4.79 Å². The first-order valence-corrected chi connectivity index (χ1v) is 5.59. The maximum Gasteiger partial charge on any atom is 0.317 e. The Balaban J connectivity index is 2.79. The van der Waals surface area contributed by atoms with Crippen molar-refractivity contribution in [3.63, 3.8) is 0 Å². The number of aromatic nitrogens is 1. The fourth-order valence-corrected chi connectivity index (χ4v) is 2.53. The van der Waals surface area contributed by atoms with Crippen LogP contribution in [0.3, 0.4) is 0 Å². The van der Waals surface area contributed by atoms with Crippen LogP contribution in [-0.2, 0) is 4.79 Å². The van der Waals surface area contributed by atoms with Crippen LogP contribution in [0, 0.1) is 13.8 Å². The van der Waals surface area contributed by atoms with Crippen LogP contribution in [0.2, 0.25) is 0 Å². The molecular formula is C10H16N2O2S. The van der Waals surface area contributed by atoms with E-state index < -0.39 is 5.97 Å². The predicted octanol–water partition coefficient (Wildman–Crippen LogP) is 1.84. The first-order chi connectivity index (χ1) is 6.91. The molecule has 0 spiro atoms. The van der Waals surface area contributed by atoms with Crippen molar-refractivity contribution >= 4 is 17.3 Å². The minimum Gasteiger partial charge on any atom is -0.480 e. The summed E-state index contributed by atoms with van der Waals surface area (Å²) in [5, 5.41) is 9.73. The largest absolute Gasteiger partial charge is 0.480 e. The number of carbonyl (C=O) groups is 1. The monoisotopic (exact) mass is 228 g/mol. The Morgan fingerprint density at radius 2 is 2.20 bits per heavy atom. The number of aryl methyl sites for hydroxylation is 2. The average molecular weight is 228 g/mol. The van der Waals surface area contributed by atoms with E-state index in [1.807, 2.05) is 32.7 Å². The van der Waals surface area contributed by atoms with Crippen LogP contribution in [0.25, 0.3) is 0 Å². The van der Waals surface area contributed by atoms with Crippen molar-refractivity contribution in [3.05, 3.63) is 15.6 Å². The Kier molecular flexibility index (Phi) is 3.82. The van der Waals surface area contributed by atoms with Crippen LogP contribution in [0.15, 0.2) is 0 Å². The topological polar surface area (TPSA) is 53.4 Å². The van der Waals surface area contributed by atoms with E-state index in [0.29, 0.717) is 0 Å². The van der Waals surface area contributed by atoms with Gasteiger partial charge in [-0.1, -0.05) is 0 Å². The number of likely N-dealkylation sites (N-methyl/N-ethyl adjacent to an activating group) is 1. The maximum absolute atomic E-state index is 10.6. The zero-order valence-electron chi connectivity index (χ0n) is 9.44. The molecule has 5 heteroatoms. The third-order valence-electron chi connectivity index (χ3n) is 2.36. The Morgan fingerprint density at radius 3 is 2.60 bits per heavy atom. The van der Waals surface area contributed by atoms with E-state index in [1.165, 1.54) is 0 Å². The first-order valence-electron chi connectivity index (χ1n) is 4.77. The van der Waals surface area contributed by atoms with Gasteiger partial charge in [0.1, 0.15) is 0 Å². The Bertz CT molecular complexity index is 362. The van der Waals surface area contributed by atoms with Crippen molar-refractivity contribution in [2.45, 2.75) is 26.8 Å². The van der Waals surface area contributed by atoms with E-state index in [4.69, 9.17) is 5.11 Å². The summed E-state index contributed by atoms with van der Waals surface area (Å²) < 4.78 is 0. The van der Waals surface area contributed by atoms with Gasteiger partial charge in [-0.25, -0.2) is 4.98 Å². The molecule has 1 aromatic rings. The lowest BCUT2D eigenvalue weighted by Gasteiger charge is -2.21. The summed E-state index contributed by atoms with van der Waals surface area (Å²) in [5.74, 6) is -0.803. The molecule has 0 saturated carbocycles. The molecule has 4 nitrogen and oxygen atoms in total. The molecule has 15 heavy (non-hydrogen) atoms. The van der Waals surface area contributed by atoms with Gasteiger partial charge in [0.15, 0.2) is 0 Å². The summed E-state index contributed by atoms with van der Waals surface area (Å²) in [6.45, 7) is 5.98. The van der Waals surface area contributed by atoms with Gasteiger partial charge in [-0.3, -0.25) is 9.69 Å². The number of carboxylic acid groups (broad SMARTS) is 1. The molecule has 0 radical (unpaired) electrons. The van der Waals surface area contributed by atoms with E-state index in [1.54, 1.807) is 11.3 Å². The molecule has 1 heterocycles. The molecule has 1 aromatic heterocycles. The maximum atomic E-state index is 10.6. The summed E-state index contributed by atoms with van der Waals surface area (Å²) in [6.07, 6.45) is 0. The molecule has 0 aliphatic carbocycles. The Morgan fingerprint density at radius 1 is 1.60 bits per heavy atom. The third-order valence-corrected chi connectivity index (χ3v) is 3.61. The number of hydrogen-bond donors (Lipinski definition) is 1. The summed E-state index contributed by atoms with van der Waals surface area (Å²) in [4.78, 5) is 17.9. The van der Waals surface area contributed by atoms with Gasteiger partial charge in [-0.2, -0.15) is 0 Å². The van der Waals surface area contributed by atoms with Crippen LogP contribution in [0.5, 0.6) is 0 Å². The lowest BCUT2D eigenvalue weighted by molar-refractivity contribution is -0.138. The number of nitrogens with zero attached hydrogens (tertiary/aromatic N) is 2. The molecule has 1 unspecified atom stereocenters. The lowest BCUT2D eigenvalue weighted by atomic mass is 10.2. The molecule has 0 fully saturated rings. The van der Waals surface area contributed by atoms with E-state index in [0.717, 1.165) is 15.6 Å². The van der Waals surface area contributed by atoms with Crippen molar-refractivity contribution < 1.29 is 9.90 Å². The first kappa shape index (κ1) is 12.1. The molecule has 0 aliphatic heterocycles. The highest BCUT2D eigenvalue weighted by molar-refractivity contribution is 7.11. The van der Waals surface area contributed by atoms with Gasteiger partial charge in [0.2, 0.25) is 0 Å². The van der Waals surface area contributed by atoms with Gasteiger partial charge in [0.05, 0.1) is 17.2 Å². The van der Waals surface area contributed by atoms with Crippen LogP contribution < -0.4 is 0 Å². The summed E-state index contributed by atoms with van der Waals surface area (Å²) in [5.41, 5.74) is 1.00. The Hall–Kier alpha value is -0.940. The summed E-state index contributed by atoms with van der Waals surface area (Å²) in [7, 11) is 1.81. The molecule has 84 valence electrons. The molecule has 0 aliphatic rings. The second kappa shape index (κ2) is 4.72. The van der Waals surface area contributed by atoms with Crippen molar-refractivity contribution in [1.29, 1.82) is 0 Å². The van der Waals surface area contributed by atoms with Crippen LogP contribution in [0.1, 0.15) is 28.5 Å². The number of aliphatic carboxylic acids is 1. The van der Waals surface area contributed by atoms with Gasteiger partial charge in [0, 0.05) is 10.9 Å². The minimum absolute atomic E-state index is 0.0531. The second-order valence-corrected chi connectivity index (χ2v) is 4.90. The molecule has 0 bridgehead atoms. The number of rotatable bonds is 4. The Labute approximate surface area is 93.6 Å². The molecule has 0 amide bonds. The molecular weight excluding hydrogens is 212 g/mol. The highest BCUT2D eigenvalue weighted by Gasteiger charge is 2.18. The number of hydrogen-bond acceptors (Lipinski definition) is 4. The summed E-state index contributed by atoms with van der Waals surface area (Å²) >= 11 is 1.63. The SMILES string of the molecule is Cc1nc(C)c(C(C)N(C)CC(=O)O)s1. The van der Waals surface area contributed by atoms with Crippen molar-refractivity contribution in [2.24, 2.45) is 0 Å². The fraction of sp³-hybridized carbons (Fsp3) is 0.600. The highest BCUT2D eigenvalue weighted by atomic mass is 32.1. The zero-order valence-corrected chi connectivity index (χ0v) is 10.3. The van der Waals surface area contributed by atoms with E-state index in [-0.39, 0.29) is 12.6 Å². The van der Waals surface area contributed by atoms with E-state index in [2.05, 4.69) is 4.98 Å². The quantitative estimate of drug-likeness (QED) is 0.854. The molecule has 0 aromatic carbocycles. The number of carboxylic acids is 1. The highest BCUT2D eigenvalue weighted by Crippen LogP contribution is 2.27. The molecule has 1 atom stereocenters. The van der Waals surface area contributed by atoms with Crippen LogP contribution in [-0.4, -0.2) is 34.6 Å². The predicted molar refractivity (Wildman–Crippen MR) is 60.3 cm³/mol. The van der Waals surface area contributed by atoms with Gasteiger partial charge in [-0.05, 0) is 27.8 Å². The van der Waals surface area contributed by atoms with Crippen LogP contribution in [0.4, 0.5) is 0 Å². The summed E-state index contributed by atoms with van der Waals surface area (Å²) in [6, 6.07) is 0.104. The van der Waals surface area contributed by atoms with Gasteiger partial charge in [0.25, 0.3) is 0 Å². The van der Waals surface area contributed by atoms with E-state index >= 15 is 0 Å². The lowest BCUT2D eigenvalue weighted by Crippen LogP contribution is -2.28. The van der Waals surface area contributed by atoms with Crippen LogP contribution >= 0.6 is 11.3 Å². The third kappa shape index (κ3) is 3.00. The smallest absolute Gasteiger partial charge is 0.317 e. The standard InChI is InChI=1S/C10H16N2O2S/c1-6-10(15-8(3)11-6)7(2)12(4)5-9(13)14/h7H,5H2,1-4H3,(H,13,14). The van der Waals surface area contributed by atoms with Gasteiger partial charge >= 0.3 is 5.97 Å². The molecule has 1 rings (SSSR count). The number of thiazole rings is 1.